The van der Waals surface area contributed by atoms with E-state index in [0.29, 0.717) is 19.1 Å². The van der Waals surface area contributed by atoms with Crippen molar-refractivity contribution in [3.63, 3.8) is 0 Å². The van der Waals surface area contributed by atoms with Gasteiger partial charge in [-0.3, -0.25) is 4.90 Å². The average molecular weight is 202 g/mol. The van der Waals surface area contributed by atoms with E-state index in [0.717, 1.165) is 12.8 Å². The third kappa shape index (κ3) is 3.20. The molecule has 0 heterocycles. The molecule has 14 heavy (non-hydrogen) atoms. The standard InChI is InChI=1S/C10H22N2O2/c11-9-3-1-2-4-10(9)12(5-7-13)6-8-14/h9-10,13-14H,1-8,11H2. The second kappa shape index (κ2) is 6.35. The summed E-state index contributed by atoms with van der Waals surface area (Å²) in [6.45, 7) is 1.53. The number of hydrogen-bond donors (Lipinski definition) is 3. The first kappa shape index (κ1) is 11.9. The van der Waals surface area contributed by atoms with E-state index in [9.17, 15) is 0 Å². The van der Waals surface area contributed by atoms with Crippen molar-refractivity contribution < 1.29 is 10.2 Å². The highest BCUT2D eigenvalue weighted by Crippen LogP contribution is 2.21. The van der Waals surface area contributed by atoms with E-state index in [1.54, 1.807) is 0 Å². The first-order valence-corrected chi connectivity index (χ1v) is 5.51. The Morgan fingerprint density at radius 3 is 2.14 bits per heavy atom. The maximum atomic E-state index is 8.92. The number of nitrogens with two attached hydrogens (primary N) is 1. The molecule has 1 saturated carbocycles. The topological polar surface area (TPSA) is 69.7 Å². The van der Waals surface area contributed by atoms with Crippen LogP contribution in [0.4, 0.5) is 0 Å². The molecule has 0 saturated heterocycles. The van der Waals surface area contributed by atoms with Crippen molar-refractivity contribution in [2.75, 3.05) is 26.3 Å². The summed E-state index contributed by atoms with van der Waals surface area (Å²) in [5, 5.41) is 17.8. The zero-order valence-electron chi connectivity index (χ0n) is 8.73. The number of aliphatic hydroxyl groups is 2. The molecule has 0 aromatic rings. The highest BCUT2D eigenvalue weighted by Gasteiger charge is 2.26. The van der Waals surface area contributed by atoms with E-state index < -0.39 is 0 Å². The summed E-state index contributed by atoms with van der Waals surface area (Å²) in [7, 11) is 0. The quantitative estimate of drug-likeness (QED) is 0.564. The van der Waals surface area contributed by atoms with Gasteiger partial charge in [0.1, 0.15) is 0 Å². The van der Waals surface area contributed by atoms with Crippen LogP contribution >= 0.6 is 0 Å². The number of nitrogens with zero attached hydrogens (tertiary/aromatic N) is 1. The van der Waals surface area contributed by atoms with Gasteiger partial charge in [0.25, 0.3) is 0 Å². The van der Waals surface area contributed by atoms with Crippen LogP contribution in [0.25, 0.3) is 0 Å². The third-order valence-electron chi connectivity index (χ3n) is 3.03. The highest BCUT2D eigenvalue weighted by atomic mass is 16.3. The highest BCUT2D eigenvalue weighted by molar-refractivity contribution is 4.85. The van der Waals surface area contributed by atoms with E-state index >= 15 is 0 Å². The molecule has 1 aliphatic carbocycles. The molecule has 0 aromatic heterocycles. The molecule has 4 nitrogen and oxygen atoms in total. The summed E-state index contributed by atoms with van der Waals surface area (Å²) in [5.41, 5.74) is 6.04. The van der Waals surface area contributed by atoms with Crippen LogP contribution in [0, 0.1) is 0 Å². The number of hydrogen-bond acceptors (Lipinski definition) is 4. The molecule has 1 rings (SSSR count). The fraction of sp³-hybridized carbons (Fsp3) is 1.00. The van der Waals surface area contributed by atoms with Gasteiger partial charge >= 0.3 is 0 Å². The summed E-state index contributed by atoms with van der Waals surface area (Å²) < 4.78 is 0. The van der Waals surface area contributed by atoms with Gasteiger partial charge in [0.2, 0.25) is 0 Å². The van der Waals surface area contributed by atoms with Gasteiger partial charge < -0.3 is 15.9 Å². The number of rotatable bonds is 5. The zero-order chi connectivity index (χ0) is 10.4. The van der Waals surface area contributed by atoms with Crippen LogP contribution in [0.15, 0.2) is 0 Å². The Labute approximate surface area is 85.7 Å². The zero-order valence-corrected chi connectivity index (χ0v) is 8.73. The Morgan fingerprint density at radius 2 is 1.64 bits per heavy atom. The lowest BCUT2D eigenvalue weighted by molar-refractivity contribution is 0.0901. The summed E-state index contributed by atoms with van der Waals surface area (Å²) in [5.74, 6) is 0. The summed E-state index contributed by atoms with van der Waals surface area (Å²) in [4.78, 5) is 2.11. The van der Waals surface area contributed by atoms with Gasteiger partial charge in [-0.05, 0) is 12.8 Å². The maximum Gasteiger partial charge on any atom is 0.0558 e. The summed E-state index contributed by atoms with van der Waals surface area (Å²) in [6.07, 6.45) is 4.59. The third-order valence-corrected chi connectivity index (χ3v) is 3.03. The molecule has 84 valence electrons. The predicted molar refractivity (Wildman–Crippen MR) is 56.0 cm³/mol. The van der Waals surface area contributed by atoms with Crippen molar-refractivity contribution >= 4 is 0 Å². The molecule has 0 radical (unpaired) electrons. The molecule has 0 aliphatic heterocycles. The van der Waals surface area contributed by atoms with Crippen LogP contribution in [0.1, 0.15) is 25.7 Å². The first-order chi connectivity index (χ1) is 6.79. The van der Waals surface area contributed by atoms with E-state index in [1.807, 2.05) is 0 Å². The lowest BCUT2D eigenvalue weighted by Crippen LogP contribution is -2.51. The van der Waals surface area contributed by atoms with E-state index in [1.165, 1.54) is 12.8 Å². The second-order valence-corrected chi connectivity index (χ2v) is 4.00. The monoisotopic (exact) mass is 202 g/mol. The Hall–Kier alpha value is -0.160. The lowest BCUT2D eigenvalue weighted by atomic mass is 9.90. The first-order valence-electron chi connectivity index (χ1n) is 5.51. The molecule has 0 amide bonds. The lowest BCUT2D eigenvalue weighted by Gasteiger charge is -2.37. The van der Waals surface area contributed by atoms with Crippen LogP contribution in [0.2, 0.25) is 0 Å². The van der Waals surface area contributed by atoms with Crippen molar-refractivity contribution in [3.05, 3.63) is 0 Å². The van der Waals surface area contributed by atoms with Gasteiger partial charge in [0.05, 0.1) is 13.2 Å². The van der Waals surface area contributed by atoms with Crippen molar-refractivity contribution in [1.29, 1.82) is 0 Å². The minimum absolute atomic E-state index is 0.142. The Kier molecular flexibility index (Phi) is 5.40. The second-order valence-electron chi connectivity index (χ2n) is 4.00. The average Bonchev–Trinajstić information content (AvgIpc) is 2.18. The summed E-state index contributed by atoms with van der Waals surface area (Å²) in [6, 6.07) is 0.560. The van der Waals surface area contributed by atoms with Crippen LogP contribution in [-0.2, 0) is 0 Å². The van der Waals surface area contributed by atoms with Crippen LogP contribution in [0.5, 0.6) is 0 Å². The minimum atomic E-state index is 0.142. The maximum absolute atomic E-state index is 8.92. The van der Waals surface area contributed by atoms with Gasteiger partial charge in [-0.15, -0.1) is 0 Å². The minimum Gasteiger partial charge on any atom is -0.395 e. The molecular formula is C10H22N2O2. The summed E-state index contributed by atoms with van der Waals surface area (Å²) >= 11 is 0. The Bertz CT molecular complexity index is 149. The van der Waals surface area contributed by atoms with Gasteiger partial charge in [0, 0.05) is 25.2 Å². The molecule has 0 spiro atoms. The van der Waals surface area contributed by atoms with Gasteiger partial charge in [-0.25, -0.2) is 0 Å². The van der Waals surface area contributed by atoms with Crippen LogP contribution < -0.4 is 5.73 Å². The van der Waals surface area contributed by atoms with E-state index in [2.05, 4.69) is 4.90 Å². The van der Waals surface area contributed by atoms with E-state index in [4.69, 9.17) is 15.9 Å². The van der Waals surface area contributed by atoms with Crippen molar-refractivity contribution in [3.8, 4) is 0 Å². The molecular weight excluding hydrogens is 180 g/mol. The van der Waals surface area contributed by atoms with Gasteiger partial charge in [0.15, 0.2) is 0 Å². The fourth-order valence-corrected chi connectivity index (χ4v) is 2.29. The largest absolute Gasteiger partial charge is 0.395 e. The molecule has 2 atom stereocenters. The molecule has 2 unspecified atom stereocenters. The molecule has 1 aliphatic rings. The fourth-order valence-electron chi connectivity index (χ4n) is 2.29. The van der Waals surface area contributed by atoms with Crippen LogP contribution in [-0.4, -0.2) is 53.5 Å². The smallest absolute Gasteiger partial charge is 0.0558 e. The molecule has 0 aromatic carbocycles. The normalized spacial score (nSPS) is 28.3. The predicted octanol–water partition coefficient (Wildman–Crippen LogP) is -0.457. The van der Waals surface area contributed by atoms with Gasteiger partial charge in [-0.2, -0.15) is 0 Å². The Morgan fingerprint density at radius 1 is 1.07 bits per heavy atom. The SMILES string of the molecule is NC1CCCCC1N(CCO)CCO. The van der Waals surface area contributed by atoms with Crippen molar-refractivity contribution in [2.45, 2.75) is 37.8 Å². The van der Waals surface area contributed by atoms with E-state index in [-0.39, 0.29) is 19.3 Å². The Balaban J connectivity index is 2.46. The van der Waals surface area contributed by atoms with Gasteiger partial charge in [-0.1, -0.05) is 12.8 Å². The molecule has 1 fully saturated rings. The number of aliphatic hydroxyl groups excluding tert-OH is 2. The van der Waals surface area contributed by atoms with Crippen molar-refractivity contribution in [2.24, 2.45) is 5.73 Å². The van der Waals surface area contributed by atoms with Crippen molar-refractivity contribution in [1.82, 2.24) is 4.90 Å². The molecule has 4 heteroatoms. The molecule has 0 bridgehead atoms. The van der Waals surface area contributed by atoms with Crippen LogP contribution in [0.3, 0.4) is 0 Å². The molecule has 4 N–H and O–H groups in total.